The van der Waals surface area contributed by atoms with Crippen molar-refractivity contribution in [1.29, 1.82) is 0 Å². The van der Waals surface area contributed by atoms with E-state index in [1.54, 1.807) is 11.8 Å². The Morgan fingerprint density at radius 2 is 2.05 bits per heavy atom. The summed E-state index contributed by atoms with van der Waals surface area (Å²) in [5.74, 6) is 3.10. The average molecular weight is 318 g/mol. The summed E-state index contributed by atoms with van der Waals surface area (Å²) in [6.45, 7) is 0.530. The van der Waals surface area contributed by atoms with Crippen LogP contribution >= 0.6 is 11.8 Å². The molecule has 2 aromatic carbocycles. The molecule has 2 aliphatic heterocycles. The topological polar surface area (TPSA) is 41.5 Å². The van der Waals surface area contributed by atoms with Crippen LogP contribution in [0.4, 0.5) is 0 Å². The van der Waals surface area contributed by atoms with Gasteiger partial charge in [0, 0.05) is 16.7 Å². The van der Waals surface area contributed by atoms with Crippen molar-refractivity contribution in [1.82, 2.24) is 0 Å². The SMILES string of the molecule is [O-][S+]1CCOc2ccc(C3CSc4ccccc4O3)cc21. The van der Waals surface area contributed by atoms with Crippen molar-refractivity contribution in [3.8, 4) is 11.5 Å². The van der Waals surface area contributed by atoms with E-state index in [0.29, 0.717) is 12.4 Å². The van der Waals surface area contributed by atoms with Crippen LogP contribution in [0.25, 0.3) is 0 Å². The molecule has 0 amide bonds. The van der Waals surface area contributed by atoms with Gasteiger partial charge in [0.05, 0.1) is 0 Å². The van der Waals surface area contributed by atoms with Crippen molar-refractivity contribution < 1.29 is 14.0 Å². The van der Waals surface area contributed by atoms with E-state index < -0.39 is 11.2 Å². The van der Waals surface area contributed by atoms with E-state index >= 15 is 0 Å². The highest BCUT2D eigenvalue weighted by molar-refractivity contribution is 7.99. The average Bonchev–Trinajstić information content (AvgIpc) is 2.54. The van der Waals surface area contributed by atoms with Gasteiger partial charge in [-0.25, -0.2) is 0 Å². The van der Waals surface area contributed by atoms with Crippen LogP contribution < -0.4 is 9.47 Å². The predicted molar refractivity (Wildman–Crippen MR) is 83.7 cm³/mol. The lowest BCUT2D eigenvalue weighted by atomic mass is 10.1. The zero-order valence-corrected chi connectivity index (χ0v) is 12.9. The molecular formula is C16H14O3S2. The van der Waals surface area contributed by atoms with E-state index in [2.05, 4.69) is 6.07 Å². The maximum Gasteiger partial charge on any atom is 0.195 e. The Labute approximate surface area is 130 Å². The van der Waals surface area contributed by atoms with E-state index in [9.17, 15) is 4.55 Å². The fraction of sp³-hybridized carbons (Fsp3) is 0.250. The normalized spacial score (nSPS) is 23.5. The minimum atomic E-state index is -0.962. The molecule has 108 valence electrons. The molecule has 2 unspecified atom stereocenters. The third kappa shape index (κ3) is 2.50. The van der Waals surface area contributed by atoms with E-state index in [1.807, 2.05) is 36.4 Å². The number of fused-ring (bicyclic) bond motifs is 2. The summed E-state index contributed by atoms with van der Waals surface area (Å²) < 4.78 is 23.7. The van der Waals surface area contributed by atoms with Crippen LogP contribution in [-0.2, 0) is 11.2 Å². The number of hydrogen-bond donors (Lipinski definition) is 0. The number of benzene rings is 2. The van der Waals surface area contributed by atoms with E-state index in [4.69, 9.17) is 9.47 Å². The van der Waals surface area contributed by atoms with Gasteiger partial charge in [-0.05, 0) is 34.9 Å². The first-order valence-corrected chi connectivity index (χ1v) is 9.15. The maximum absolute atomic E-state index is 12.1. The monoisotopic (exact) mass is 318 g/mol. The van der Waals surface area contributed by atoms with E-state index in [0.717, 1.165) is 27.7 Å². The first-order valence-electron chi connectivity index (χ1n) is 6.85. The molecule has 0 fully saturated rings. The molecule has 0 radical (unpaired) electrons. The first kappa shape index (κ1) is 13.4. The summed E-state index contributed by atoms with van der Waals surface area (Å²) in [6, 6.07) is 14.0. The summed E-state index contributed by atoms with van der Waals surface area (Å²) in [4.78, 5) is 1.98. The summed E-state index contributed by atoms with van der Waals surface area (Å²) >= 11 is 0.835. The molecule has 0 saturated heterocycles. The van der Waals surface area contributed by atoms with Crippen molar-refractivity contribution in [2.24, 2.45) is 0 Å². The first-order chi connectivity index (χ1) is 10.3. The minimum Gasteiger partial charge on any atom is -0.611 e. The van der Waals surface area contributed by atoms with Crippen LogP contribution in [0, 0.1) is 0 Å². The molecule has 0 aliphatic carbocycles. The largest absolute Gasteiger partial charge is 0.611 e. The number of hydrogen-bond acceptors (Lipinski definition) is 4. The standard InChI is InChI=1S/C16H14O3S2/c17-21-8-7-18-13-6-5-11(9-16(13)21)14-10-20-15-4-2-1-3-12(15)19-14/h1-6,9,14H,7-8,10H2. The second kappa shape index (κ2) is 5.48. The minimum absolute atomic E-state index is 0.00544. The Bertz CT molecular complexity index is 674. The molecule has 0 saturated carbocycles. The summed E-state index contributed by atoms with van der Waals surface area (Å²) in [6.07, 6.45) is -0.00544. The second-order valence-electron chi connectivity index (χ2n) is 4.97. The molecule has 4 rings (SSSR count). The third-order valence-corrected chi connectivity index (χ3v) is 6.08. The van der Waals surface area contributed by atoms with Crippen LogP contribution in [-0.4, -0.2) is 22.7 Å². The van der Waals surface area contributed by atoms with Gasteiger partial charge in [0.15, 0.2) is 10.6 Å². The van der Waals surface area contributed by atoms with Crippen LogP contribution in [0.15, 0.2) is 52.3 Å². The molecule has 5 heteroatoms. The van der Waals surface area contributed by atoms with Crippen LogP contribution in [0.1, 0.15) is 11.7 Å². The highest BCUT2D eigenvalue weighted by Crippen LogP contribution is 2.41. The van der Waals surface area contributed by atoms with Crippen molar-refractivity contribution in [3.63, 3.8) is 0 Å². The van der Waals surface area contributed by atoms with Crippen LogP contribution in [0.3, 0.4) is 0 Å². The lowest BCUT2D eigenvalue weighted by Gasteiger charge is -2.27. The van der Waals surface area contributed by atoms with Crippen LogP contribution in [0.5, 0.6) is 11.5 Å². The van der Waals surface area contributed by atoms with Gasteiger partial charge in [-0.15, -0.1) is 11.8 Å². The summed E-state index contributed by atoms with van der Waals surface area (Å²) in [7, 11) is 0. The number of ether oxygens (including phenoxy) is 2. The molecule has 2 aliphatic rings. The molecule has 0 spiro atoms. The number of thioether (sulfide) groups is 1. The van der Waals surface area contributed by atoms with Crippen molar-refractivity contribution in [2.45, 2.75) is 15.9 Å². The third-order valence-electron chi connectivity index (χ3n) is 3.62. The van der Waals surface area contributed by atoms with Gasteiger partial charge in [0.2, 0.25) is 0 Å². The van der Waals surface area contributed by atoms with Crippen LogP contribution in [0.2, 0.25) is 0 Å². The maximum atomic E-state index is 12.1. The number of para-hydroxylation sites is 1. The lowest BCUT2D eigenvalue weighted by Crippen LogP contribution is -2.22. The Hall–Kier alpha value is -1.30. The Morgan fingerprint density at radius 1 is 1.14 bits per heavy atom. The van der Waals surface area contributed by atoms with Crippen molar-refractivity contribution >= 4 is 22.9 Å². The molecule has 2 atom stereocenters. The lowest BCUT2D eigenvalue weighted by molar-refractivity contribution is 0.219. The predicted octanol–water partition coefficient (Wildman–Crippen LogP) is 3.41. The zero-order valence-electron chi connectivity index (χ0n) is 11.3. The van der Waals surface area contributed by atoms with Gasteiger partial charge in [0.25, 0.3) is 0 Å². The van der Waals surface area contributed by atoms with E-state index in [-0.39, 0.29) is 6.10 Å². The van der Waals surface area contributed by atoms with Gasteiger partial charge in [-0.2, -0.15) is 0 Å². The zero-order chi connectivity index (χ0) is 14.2. The van der Waals surface area contributed by atoms with Crippen molar-refractivity contribution in [3.05, 3.63) is 48.0 Å². The highest BCUT2D eigenvalue weighted by atomic mass is 32.2. The molecule has 0 aromatic heterocycles. The van der Waals surface area contributed by atoms with Gasteiger partial charge < -0.3 is 14.0 Å². The Balaban J connectivity index is 1.64. The second-order valence-corrected chi connectivity index (χ2v) is 7.57. The smallest absolute Gasteiger partial charge is 0.195 e. The molecule has 2 aromatic rings. The quantitative estimate of drug-likeness (QED) is 0.756. The summed E-state index contributed by atoms with van der Waals surface area (Å²) in [5, 5.41) is 0. The molecule has 21 heavy (non-hydrogen) atoms. The molecular weight excluding hydrogens is 304 g/mol. The molecule has 2 heterocycles. The summed E-state index contributed by atoms with van der Waals surface area (Å²) in [5.41, 5.74) is 1.06. The fourth-order valence-corrected chi connectivity index (χ4v) is 4.64. The van der Waals surface area contributed by atoms with Gasteiger partial charge in [-0.1, -0.05) is 18.2 Å². The van der Waals surface area contributed by atoms with E-state index in [1.165, 1.54) is 4.90 Å². The number of rotatable bonds is 1. The van der Waals surface area contributed by atoms with Crippen molar-refractivity contribution in [2.75, 3.05) is 18.1 Å². The molecule has 0 N–H and O–H groups in total. The fourth-order valence-electron chi connectivity index (χ4n) is 2.54. The Morgan fingerprint density at radius 3 is 3.00 bits per heavy atom. The highest BCUT2D eigenvalue weighted by Gasteiger charge is 2.27. The van der Waals surface area contributed by atoms with Gasteiger partial charge in [0.1, 0.15) is 24.2 Å². The molecule has 3 nitrogen and oxygen atoms in total. The van der Waals surface area contributed by atoms with Gasteiger partial charge >= 0.3 is 0 Å². The molecule has 0 bridgehead atoms. The Kier molecular flexibility index (Phi) is 3.49. The van der Waals surface area contributed by atoms with Gasteiger partial charge in [-0.3, -0.25) is 0 Å².